The third kappa shape index (κ3) is 1.67. The van der Waals surface area contributed by atoms with E-state index < -0.39 is 0 Å². The molecule has 2 aromatic carbocycles. The quantitative estimate of drug-likeness (QED) is 0.473. The Kier molecular flexibility index (Phi) is 2.47. The highest BCUT2D eigenvalue weighted by Gasteiger charge is 2.12. The van der Waals surface area contributed by atoms with E-state index in [1.54, 1.807) is 11.3 Å². The number of benzene rings is 2. The maximum absolute atomic E-state index is 12.1. The van der Waals surface area contributed by atoms with Crippen molar-refractivity contribution in [2.45, 2.75) is 0 Å². The summed E-state index contributed by atoms with van der Waals surface area (Å²) in [7, 11) is 0. The predicted molar refractivity (Wildman–Crippen MR) is 83.3 cm³/mol. The molecule has 3 heteroatoms. The van der Waals surface area contributed by atoms with Gasteiger partial charge in [0.2, 0.25) is 0 Å². The fraction of sp³-hybridized carbons (Fsp3) is 0. The van der Waals surface area contributed by atoms with E-state index in [-0.39, 0.29) is 5.63 Å². The van der Waals surface area contributed by atoms with E-state index in [2.05, 4.69) is 12.1 Å². The van der Waals surface area contributed by atoms with E-state index in [9.17, 15) is 4.79 Å². The van der Waals surface area contributed by atoms with Crippen molar-refractivity contribution in [3.05, 3.63) is 71.1 Å². The molecule has 2 aromatic heterocycles. The van der Waals surface area contributed by atoms with Crippen molar-refractivity contribution in [3.63, 3.8) is 0 Å². The lowest BCUT2D eigenvalue weighted by molar-refractivity contribution is 0.570. The number of rotatable bonds is 1. The molecule has 2 heterocycles. The van der Waals surface area contributed by atoms with Crippen LogP contribution in [0.5, 0.6) is 0 Å². The second kappa shape index (κ2) is 4.32. The highest BCUT2D eigenvalue weighted by atomic mass is 32.1. The van der Waals surface area contributed by atoms with Gasteiger partial charge in [0, 0.05) is 10.3 Å². The zero-order valence-corrected chi connectivity index (χ0v) is 11.3. The Morgan fingerprint density at radius 2 is 1.60 bits per heavy atom. The van der Waals surface area contributed by atoms with E-state index in [0.717, 1.165) is 20.5 Å². The van der Waals surface area contributed by atoms with Crippen LogP contribution in [-0.2, 0) is 0 Å². The predicted octanol–water partition coefficient (Wildman–Crippen LogP) is 4.67. The summed E-state index contributed by atoms with van der Waals surface area (Å²) in [6, 6.07) is 19.7. The minimum atomic E-state index is -0.267. The van der Waals surface area contributed by atoms with Gasteiger partial charge in [0.15, 0.2) is 0 Å². The molecule has 0 radical (unpaired) electrons. The minimum Gasteiger partial charge on any atom is -0.422 e. The van der Waals surface area contributed by atoms with E-state index >= 15 is 0 Å². The molecule has 0 spiro atoms. The summed E-state index contributed by atoms with van der Waals surface area (Å²) in [4.78, 5) is 13.2. The van der Waals surface area contributed by atoms with Gasteiger partial charge in [-0.3, -0.25) is 0 Å². The van der Waals surface area contributed by atoms with Crippen LogP contribution in [0, 0.1) is 0 Å². The first-order valence-electron chi connectivity index (χ1n) is 6.34. The van der Waals surface area contributed by atoms with Crippen LogP contribution in [0.1, 0.15) is 0 Å². The maximum atomic E-state index is 12.1. The summed E-state index contributed by atoms with van der Waals surface area (Å²) in [5, 5.41) is 1.65. The van der Waals surface area contributed by atoms with Crippen LogP contribution in [0.15, 0.2) is 69.9 Å². The van der Waals surface area contributed by atoms with E-state index in [1.807, 2.05) is 48.5 Å². The standard InChI is InChI=1S/C17H10O2S/c18-17-13-10-15(11-6-2-1-3-7-11)20-16(13)12-8-4-5-9-14(12)19-17/h1-10H. The lowest BCUT2D eigenvalue weighted by Crippen LogP contribution is -1.96. The SMILES string of the molecule is O=c1oc2ccccc2c2sc(-c3ccccc3)cc12. The summed E-state index contributed by atoms with van der Waals surface area (Å²) < 4.78 is 6.37. The molecule has 0 N–H and O–H groups in total. The fourth-order valence-electron chi connectivity index (χ4n) is 2.39. The average molecular weight is 278 g/mol. The van der Waals surface area contributed by atoms with Gasteiger partial charge in [-0.1, -0.05) is 42.5 Å². The minimum absolute atomic E-state index is 0.267. The highest BCUT2D eigenvalue weighted by Crippen LogP contribution is 2.35. The molecule has 4 aromatic rings. The van der Waals surface area contributed by atoms with Crippen LogP contribution in [-0.4, -0.2) is 0 Å². The number of thiophene rings is 1. The molecule has 2 nitrogen and oxygen atoms in total. The van der Waals surface area contributed by atoms with Gasteiger partial charge in [0.05, 0.1) is 10.1 Å². The fourth-order valence-corrected chi connectivity index (χ4v) is 3.57. The monoisotopic (exact) mass is 278 g/mol. The summed E-state index contributed by atoms with van der Waals surface area (Å²) in [6.07, 6.45) is 0. The maximum Gasteiger partial charge on any atom is 0.345 e. The Morgan fingerprint density at radius 1 is 0.850 bits per heavy atom. The van der Waals surface area contributed by atoms with Gasteiger partial charge in [0.1, 0.15) is 5.58 Å². The van der Waals surface area contributed by atoms with E-state index in [4.69, 9.17) is 4.42 Å². The molecule has 96 valence electrons. The topological polar surface area (TPSA) is 30.2 Å². The van der Waals surface area contributed by atoms with Crippen LogP contribution in [0.25, 0.3) is 31.5 Å². The second-order valence-electron chi connectivity index (χ2n) is 4.61. The molecular formula is C17H10O2S. The van der Waals surface area contributed by atoms with Crippen molar-refractivity contribution in [1.29, 1.82) is 0 Å². The first-order valence-corrected chi connectivity index (χ1v) is 7.15. The summed E-state index contributed by atoms with van der Waals surface area (Å²) in [5.74, 6) is 0. The molecule has 0 aliphatic carbocycles. The van der Waals surface area contributed by atoms with Crippen molar-refractivity contribution in [1.82, 2.24) is 0 Å². The summed E-state index contributed by atoms with van der Waals surface area (Å²) >= 11 is 1.63. The molecule has 0 fully saturated rings. The third-order valence-electron chi connectivity index (χ3n) is 3.34. The Bertz CT molecular complexity index is 965. The number of hydrogen-bond acceptors (Lipinski definition) is 3. The van der Waals surface area contributed by atoms with Crippen LogP contribution in [0.4, 0.5) is 0 Å². The van der Waals surface area contributed by atoms with Crippen molar-refractivity contribution in [2.75, 3.05) is 0 Å². The molecule has 0 saturated heterocycles. The van der Waals surface area contributed by atoms with Gasteiger partial charge >= 0.3 is 5.63 Å². The van der Waals surface area contributed by atoms with Crippen LogP contribution < -0.4 is 5.63 Å². The van der Waals surface area contributed by atoms with E-state index in [0.29, 0.717) is 11.0 Å². The molecule has 0 unspecified atom stereocenters. The second-order valence-corrected chi connectivity index (χ2v) is 5.66. The van der Waals surface area contributed by atoms with Gasteiger partial charge in [-0.05, 0) is 23.8 Å². The average Bonchev–Trinajstić information content (AvgIpc) is 2.94. The van der Waals surface area contributed by atoms with Gasteiger partial charge in [-0.2, -0.15) is 0 Å². The molecule has 20 heavy (non-hydrogen) atoms. The molecule has 0 amide bonds. The first-order chi connectivity index (χ1) is 9.83. The Morgan fingerprint density at radius 3 is 2.45 bits per heavy atom. The van der Waals surface area contributed by atoms with Gasteiger partial charge in [-0.25, -0.2) is 4.79 Å². The molecule has 0 aliphatic rings. The van der Waals surface area contributed by atoms with Gasteiger partial charge in [0.25, 0.3) is 0 Å². The largest absolute Gasteiger partial charge is 0.422 e. The van der Waals surface area contributed by atoms with E-state index in [1.165, 1.54) is 0 Å². The summed E-state index contributed by atoms with van der Waals surface area (Å²) in [6.45, 7) is 0. The molecule has 0 aliphatic heterocycles. The normalized spacial score (nSPS) is 11.2. The zero-order chi connectivity index (χ0) is 13.5. The van der Waals surface area contributed by atoms with Crippen LogP contribution in [0.2, 0.25) is 0 Å². The Hall–Kier alpha value is -2.39. The van der Waals surface area contributed by atoms with Crippen molar-refractivity contribution >= 4 is 32.4 Å². The van der Waals surface area contributed by atoms with Crippen LogP contribution >= 0.6 is 11.3 Å². The summed E-state index contributed by atoms with van der Waals surface area (Å²) in [5.41, 5.74) is 1.50. The lowest BCUT2D eigenvalue weighted by Gasteiger charge is -1.96. The number of para-hydroxylation sites is 1. The highest BCUT2D eigenvalue weighted by molar-refractivity contribution is 7.23. The van der Waals surface area contributed by atoms with Crippen molar-refractivity contribution in [3.8, 4) is 10.4 Å². The lowest BCUT2D eigenvalue weighted by atomic mass is 10.1. The zero-order valence-electron chi connectivity index (χ0n) is 10.5. The van der Waals surface area contributed by atoms with Crippen LogP contribution in [0.3, 0.4) is 0 Å². The van der Waals surface area contributed by atoms with Crippen molar-refractivity contribution < 1.29 is 4.42 Å². The molecule has 0 atom stereocenters. The van der Waals surface area contributed by atoms with Gasteiger partial charge in [-0.15, -0.1) is 11.3 Å². The Labute approximate surface area is 118 Å². The molecule has 0 bridgehead atoms. The Balaban J connectivity index is 2.11. The van der Waals surface area contributed by atoms with Crippen molar-refractivity contribution in [2.24, 2.45) is 0 Å². The molecule has 0 saturated carbocycles. The number of fused-ring (bicyclic) bond motifs is 3. The third-order valence-corrected chi connectivity index (χ3v) is 4.56. The molecule has 4 rings (SSSR count). The molecular weight excluding hydrogens is 268 g/mol. The smallest absolute Gasteiger partial charge is 0.345 e. The first kappa shape index (κ1) is 11.4. The number of hydrogen-bond donors (Lipinski definition) is 0. The van der Waals surface area contributed by atoms with Gasteiger partial charge < -0.3 is 4.42 Å².